The first-order chi connectivity index (χ1) is 6.94. The van der Waals surface area contributed by atoms with Gasteiger partial charge in [-0.3, -0.25) is 0 Å². The van der Waals surface area contributed by atoms with Gasteiger partial charge in [0.05, 0.1) is 19.3 Å². The molecule has 0 aromatic rings. The molecule has 1 rings (SSSR count). The Morgan fingerprint density at radius 3 is 2.47 bits per heavy atom. The van der Waals surface area contributed by atoms with Crippen molar-refractivity contribution in [3.63, 3.8) is 0 Å². The van der Waals surface area contributed by atoms with Crippen molar-refractivity contribution < 1.29 is 18.3 Å². The van der Waals surface area contributed by atoms with E-state index in [0.717, 1.165) is 0 Å². The fraction of sp³-hybridized carbons (Fsp3) is 1.00. The minimum atomic E-state index is -3.43. The molecule has 0 aliphatic carbocycles. The van der Waals surface area contributed by atoms with Crippen molar-refractivity contribution in [2.75, 3.05) is 39.9 Å². The molecule has 0 aromatic carbocycles. The number of rotatable bonds is 4. The molecule has 1 heterocycles. The summed E-state index contributed by atoms with van der Waals surface area (Å²) >= 11 is 0. The van der Waals surface area contributed by atoms with E-state index in [1.807, 2.05) is 0 Å². The SMILES string of the molecule is CC(O)CN(C)S(=O)(=O)N1CCOCC1. The maximum absolute atomic E-state index is 11.9. The molecule has 0 saturated carbocycles. The van der Waals surface area contributed by atoms with E-state index in [9.17, 15) is 8.42 Å². The van der Waals surface area contributed by atoms with Gasteiger partial charge in [-0.05, 0) is 6.92 Å². The lowest BCUT2D eigenvalue weighted by atomic mass is 10.4. The predicted octanol–water partition coefficient (Wildman–Crippen LogP) is -1.12. The summed E-state index contributed by atoms with van der Waals surface area (Å²) in [5, 5.41) is 9.14. The fourth-order valence-corrected chi connectivity index (χ4v) is 2.85. The summed E-state index contributed by atoms with van der Waals surface area (Å²) in [6, 6.07) is 0. The third-order valence-corrected chi connectivity index (χ3v) is 4.17. The van der Waals surface area contributed by atoms with Gasteiger partial charge in [-0.2, -0.15) is 17.0 Å². The lowest BCUT2D eigenvalue weighted by molar-refractivity contribution is 0.0695. The Hall–Kier alpha value is -0.210. The van der Waals surface area contributed by atoms with Crippen molar-refractivity contribution in [3.8, 4) is 0 Å². The quantitative estimate of drug-likeness (QED) is 0.673. The summed E-state index contributed by atoms with van der Waals surface area (Å²) in [4.78, 5) is 0. The average molecular weight is 238 g/mol. The number of nitrogens with zero attached hydrogens (tertiary/aromatic N) is 2. The molecule has 0 bridgehead atoms. The second-order valence-corrected chi connectivity index (χ2v) is 5.68. The minimum absolute atomic E-state index is 0.111. The van der Waals surface area contributed by atoms with Crippen molar-refractivity contribution in [2.24, 2.45) is 0 Å². The van der Waals surface area contributed by atoms with Gasteiger partial charge in [-0.1, -0.05) is 0 Å². The Morgan fingerprint density at radius 1 is 1.47 bits per heavy atom. The average Bonchev–Trinajstić information content (AvgIpc) is 2.18. The number of hydrogen-bond donors (Lipinski definition) is 1. The second-order valence-electron chi connectivity index (χ2n) is 3.65. The first kappa shape index (κ1) is 12.9. The van der Waals surface area contributed by atoms with E-state index in [2.05, 4.69) is 0 Å². The molecule has 0 radical (unpaired) electrons. The van der Waals surface area contributed by atoms with Crippen LogP contribution in [0.3, 0.4) is 0 Å². The van der Waals surface area contributed by atoms with Crippen LogP contribution in [-0.4, -0.2) is 68.1 Å². The Labute approximate surface area is 90.6 Å². The third kappa shape index (κ3) is 3.39. The number of likely N-dealkylation sites (N-methyl/N-ethyl adjacent to an activating group) is 1. The summed E-state index contributed by atoms with van der Waals surface area (Å²) < 4.78 is 31.4. The summed E-state index contributed by atoms with van der Waals surface area (Å²) in [7, 11) is -1.96. The highest BCUT2D eigenvalue weighted by Gasteiger charge is 2.28. The fourth-order valence-electron chi connectivity index (χ4n) is 1.44. The Kier molecular flexibility index (Phi) is 4.47. The van der Waals surface area contributed by atoms with E-state index in [1.54, 1.807) is 6.92 Å². The van der Waals surface area contributed by atoms with Gasteiger partial charge in [0.2, 0.25) is 0 Å². The van der Waals surface area contributed by atoms with Gasteiger partial charge in [-0.15, -0.1) is 0 Å². The van der Waals surface area contributed by atoms with Crippen LogP contribution in [-0.2, 0) is 14.9 Å². The summed E-state index contributed by atoms with van der Waals surface area (Å²) in [5.74, 6) is 0. The van der Waals surface area contributed by atoms with E-state index < -0.39 is 16.3 Å². The van der Waals surface area contributed by atoms with Gasteiger partial charge in [-0.25, -0.2) is 0 Å². The van der Waals surface area contributed by atoms with Crippen LogP contribution in [0.2, 0.25) is 0 Å². The molecule has 1 unspecified atom stereocenters. The Morgan fingerprint density at radius 2 is 2.00 bits per heavy atom. The highest BCUT2D eigenvalue weighted by molar-refractivity contribution is 7.86. The topological polar surface area (TPSA) is 70.1 Å². The Balaban J connectivity index is 2.63. The third-order valence-electron chi connectivity index (χ3n) is 2.21. The van der Waals surface area contributed by atoms with Gasteiger partial charge in [0.1, 0.15) is 0 Å². The number of ether oxygens (including phenoxy) is 1. The molecule has 1 aliphatic rings. The molecule has 1 saturated heterocycles. The Bertz CT molecular complexity index is 285. The van der Waals surface area contributed by atoms with E-state index in [-0.39, 0.29) is 6.54 Å². The van der Waals surface area contributed by atoms with Gasteiger partial charge < -0.3 is 9.84 Å². The lowest BCUT2D eigenvalue weighted by Crippen LogP contribution is -2.48. The van der Waals surface area contributed by atoms with Crippen LogP contribution in [0.4, 0.5) is 0 Å². The predicted molar refractivity (Wildman–Crippen MR) is 55.6 cm³/mol. The van der Waals surface area contributed by atoms with Gasteiger partial charge in [0, 0.05) is 26.7 Å². The maximum Gasteiger partial charge on any atom is 0.281 e. The normalized spacial score (nSPS) is 21.9. The van der Waals surface area contributed by atoms with Gasteiger partial charge in [0.15, 0.2) is 0 Å². The van der Waals surface area contributed by atoms with E-state index in [4.69, 9.17) is 9.84 Å². The minimum Gasteiger partial charge on any atom is -0.392 e. The van der Waals surface area contributed by atoms with Crippen LogP contribution in [0, 0.1) is 0 Å². The highest BCUT2D eigenvalue weighted by atomic mass is 32.2. The number of aliphatic hydroxyl groups is 1. The van der Waals surface area contributed by atoms with Crippen LogP contribution < -0.4 is 0 Å². The molecule has 0 aromatic heterocycles. The standard InChI is InChI=1S/C8H18N2O4S/c1-8(11)7-9(2)15(12,13)10-3-5-14-6-4-10/h8,11H,3-7H2,1-2H3. The summed E-state index contributed by atoms with van der Waals surface area (Å²) in [5.41, 5.74) is 0. The van der Waals surface area contributed by atoms with E-state index in [0.29, 0.717) is 26.3 Å². The molecular weight excluding hydrogens is 220 g/mol. The van der Waals surface area contributed by atoms with Crippen molar-refractivity contribution in [3.05, 3.63) is 0 Å². The molecule has 15 heavy (non-hydrogen) atoms. The molecule has 1 fully saturated rings. The molecule has 6 nitrogen and oxygen atoms in total. The highest BCUT2D eigenvalue weighted by Crippen LogP contribution is 2.09. The first-order valence-electron chi connectivity index (χ1n) is 4.92. The molecule has 7 heteroatoms. The van der Waals surface area contributed by atoms with Crippen LogP contribution in [0.25, 0.3) is 0 Å². The van der Waals surface area contributed by atoms with Crippen molar-refractivity contribution in [1.82, 2.24) is 8.61 Å². The smallest absolute Gasteiger partial charge is 0.281 e. The van der Waals surface area contributed by atoms with Crippen molar-refractivity contribution in [1.29, 1.82) is 0 Å². The van der Waals surface area contributed by atoms with Crippen molar-refractivity contribution in [2.45, 2.75) is 13.0 Å². The number of morpholine rings is 1. The van der Waals surface area contributed by atoms with Crippen molar-refractivity contribution >= 4 is 10.2 Å². The lowest BCUT2D eigenvalue weighted by Gasteiger charge is -2.30. The summed E-state index contributed by atoms with van der Waals surface area (Å²) in [6.07, 6.45) is -0.661. The molecule has 90 valence electrons. The first-order valence-corrected chi connectivity index (χ1v) is 6.31. The second kappa shape index (κ2) is 5.22. The molecule has 0 amide bonds. The van der Waals surface area contributed by atoms with Crippen LogP contribution in [0.1, 0.15) is 6.92 Å². The van der Waals surface area contributed by atoms with Crippen LogP contribution in [0.5, 0.6) is 0 Å². The molecule has 1 aliphatic heterocycles. The molecule has 1 atom stereocenters. The number of aliphatic hydroxyl groups excluding tert-OH is 1. The van der Waals surface area contributed by atoms with Gasteiger partial charge >= 0.3 is 0 Å². The van der Waals surface area contributed by atoms with E-state index in [1.165, 1.54) is 15.7 Å². The zero-order valence-electron chi connectivity index (χ0n) is 9.09. The summed E-state index contributed by atoms with van der Waals surface area (Å²) in [6.45, 7) is 3.30. The number of hydrogen-bond acceptors (Lipinski definition) is 4. The van der Waals surface area contributed by atoms with Crippen LogP contribution in [0.15, 0.2) is 0 Å². The maximum atomic E-state index is 11.9. The molecule has 0 spiro atoms. The zero-order valence-corrected chi connectivity index (χ0v) is 9.90. The largest absolute Gasteiger partial charge is 0.392 e. The van der Waals surface area contributed by atoms with E-state index >= 15 is 0 Å². The van der Waals surface area contributed by atoms with Crippen LogP contribution >= 0.6 is 0 Å². The van der Waals surface area contributed by atoms with Gasteiger partial charge in [0.25, 0.3) is 10.2 Å². The molecular formula is C8H18N2O4S. The monoisotopic (exact) mass is 238 g/mol. The molecule has 1 N–H and O–H groups in total. The zero-order chi connectivity index (χ0) is 11.5.